The van der Waals surface area contributed by atoms with Gasteiger partial charge < -0.3 is 40.3 Å². The zero-order valence-corrected chi connectivity index (χ0v) is 48.1. The Morgan fingerprint density at radius 1 is 0.459 bits per heavy atom. The van der Waals surface area contributed by atoms with Crippen molar-refractivity contribution in [2.24, 2.45) is 0 Å². The largest absolute Gasteiger partial charge is 0.394 e. The molecule has 6 N–H and O–H groups in total. The molecule has 1 fully saturated rings. The van der Waals surface area contributed by atoms with Gasteiger partial charge in [-0.05, 0) is 70.6 Å². The summed E-state index contributed by atoms with van der Waals surface area (Å²) in [6, 6.07) is -0.828. The lowest BCUT2D eigenvalue weighted by Crippen LogP contribution is -2.60. The van der Waals surface area contributed by atoms with E-state index in [0.717, 1.165) is 51.4 Å². The summed E-state index contributed by atoms with van der Waals surface area (Å²) in [7, 11) is 0. The topological polar surface area (TPSA) is 149 Å². The van der Waals surface area contributed by atoms with Crippen LogP contribution in [0, 0.1) is 0 Å². The molecular weight excluding hydrogens is 923 g/mol. The van der Waals surface area contributed by atoms with Crippen molar-refractivity contribution in [2.75, 3.05) is 13.2 Å². The van der Waals surface area contributed by atoms with Gasteiger partial charge in [-0.3, -0.25) is 4.79 Å². The van der Waals surface area contributed by atoms with Gasteiger partial charge in [0.1, 0.15) is 24.4 Å². The van der Waals surface area contributed by atoms with E-state index >= 15 is 0 Å². The molecule has 1 amide bonds. The molecule has 1 aliphatic heterocycles. The Morgan fingerprint density at radius 2 is 0.811 bits per heavy atom. The van der Waals surface area contributed by atoms with Crippen LogP contribution < -0.4 is 5.32 Å². The molecule has 9 heteroatoms. The van der Waals surface area contributed by atoms with E-state index in [-0.39, 0.29) is 12.5 Å². The van der Waals surface area contributed by atoms with Crippen molar-refractivity contribution in [1.82, 2.24) is 5.32 Å². The molecule has 9 nitrogen and oxygen atoms in total. The van der Waals surface area contributed by atoms with Crippen LogP contribution in [0.1, 0.15) is 290 Å². The number of aliphatic hydroxyl groups excluding tert-OH is 5. The lowest BCUT2D eigenvalue weighted by molar-refractivity contribution is -0.302. The normalized spacial score (nSPS) is 19.4. The van der Waals surface area contributed by atoms with Crippen molar-refractivity contribution in [3.63, 3.8) is 0 Å². The van der Waals surface area contributed by atoms with E-state index < -0.39 is 49.5 Å². The number of carbonyl (C=O) groups excluding carboxylic acids is 1. The van der Waals surface area contributed by atoms with Gasteiger partial charge in [-0.1, -0.05) is 274 Å². The van der Waals surface area contributed by atoms with Crippen molar-refractivity contribution < 1.29 is 39.8 Å². The van der Waals surface area contributed by atoms with Crippen molar-refractivity contribution in [2.45, 2.75) is 333 Å². The molecule has 0 spiro atoms. The first-order chi connectivity index (χ1) is 36.3. The molecule has 0 saturated carbocycles. The van der Waals surface area contributed by atoms with Crippen molar-refractivity contribution >= 4 is 5.91 Å². The van der Waals surface area contributed by atoms with E-state index in [1.165, 1.54) is 218 Å². The highest BCUT2D eigenvalue weighted by atomic mass is 16.7. The summed E-state index contributed by atoms with van der Waals surface area (Å²) < 4.78 is 11.3. The molecule has 7 atom stereocenters. The lowest BCUT2D eigenvalue weighted by atomic mass is 9.99. The molecule has 1 heterocycles. The maximum Gasteiger partial charge on any atom is 0.220 e. The predicted octanol–water partition coefficient (Wildman–Crippen LogP) is 16.2. The minimum absolute atomic E-state index is 0.189. The fourth-order valence-corrected chi connectivity index (χ4v) is 9.83. The molecular formula is C65H119NO8. The third kappa shape index (κ3) is 42.9. The van der Waals surface area contributed by atoms with Gasteiger partial charge in [0.2, 0.25) is 5.91 Å². The zero-order chi connectivity index (χ0) is 53.6. The van der Waals surface area contributed by atoms with Crippen LogP contribution in [0.4, 0.5) is 0 Å². The fourth-order valence-electron chi connectivity index (χ4n) is 9.83. The first-order valence-electron chi connectivity index (χ1n) is 31.5. The molecule has 1 rings (SSSR count). The van der Waals surface area contributed by atoms with Crippen molar-refractivity contribution in [3.05, 3.63) is 60.8 Å². The quantitative estimate of drug-likeness (QED) is 0.0261. The second kappa shape index (κ2) is 54.3. The number of ether oxygens (including phenoxy) is 2. The molecule has 432 valence electrons. The molecule has 0 aromatic carbocycles. The van der Waals surface area contributed by atoms with E-state index in [1.807, 2.05) is 6.08 Å². The van der Waals surface area contributed by atoms with E-state index in [9.17, 15) is 30.3 Å². The second-order valence-corrected chi connectivity index (χ2v) is 21.8. The van der Waals surface area contributed by atoms with Crippen molar-refractivity contribution in [3.8, 4) is 0 Å². The summed E-state index contributed by atoms with van der Waals surface area (Å²) in [5, 5.41) is 54.6. The van der Waals surface area contributed by atoms with Gasteiger partial charge in [0.25, 0.3) is 0 Å². The third-order valence-electron chi connectivity index (χ3n) is 14.8. The average molecular weight is 1040 g/mol. The Kier molecular flexibility index (Phi) is 51.3. The SMILES string of the molecule is CCCCCCC/C=C\C/C=C\C/C=C\CCCCCCCCCCCCC(=O)NC(COC1OC(CO)C(O)C(O)C1O)C(O)/C=C/CC/C=C/CCCCCCCCCCCCCCCCCCCCCC. The van der Waals surface area contributed by atoms with Gasteiger partial charge in [0.05, 0.1) is 25.4 Å². The summed E-state index contributed by atoms with van der Waals surface area (Å²) in [5.41, 5.74) is 0. The molecule has 1 aliphatic rings. The van der Waals surface area contributed by atoms with Crippen LogP contribution in [0.5, 0.6) is 0 Å². The molecule has 0 aromatic heterocycles. The highest BCUT2D eigenvalue weighted by Gasteiger charge is 2.44. The summed E-state index contributed by atoms with van der Waals surface area (Å²) in [6.07, 6.45) is 67.3. The summed E-state index contributed by atoms with van der Waals surface area (Å²) in [6.45, 7) is 3.78. The number of nitrogens with one attached hydrogen (secondary N) is 1. The molecule has 0 bridgehead atoms. The van der Waals surface area contributed by atoms with Crippen LogP contribution in [-0.2, 0) is 14.3 Å². The maximum absolute atomic E-state index is 13.1. The molecule has 74 heavy (non-hydrogen) atoms. The van der Waals surface area contributed by atoms with Crippen molar-refractivity contribution in [1.29, 1.82) is 0 Å². The maximum atomic E-state index is 13.1. The molecule has 0 radical (unpaired) electrons. The number of allylic oxidation sites excluding steroid dienone is 9. The van der Waals surface area contributed by atoms with E-state index in [0.29, 0.717) is 6.42 Å². The van der Waals surface area contributed by atoms with Gasteiger partial charge in [-0.15, -0.1) is 0 Å². The molecule has 0 aromatic rings. The van der Waals surface area contributed by atoms with Crippen LogP contribution in [0.2, 0.25) is 0 Å². The first-order valence-corrected chi connectivity index (χ1v) is 31.5. The van der Waals surface area contributed by atoms with E-state index in [4.69, 9.17) is 9.47 Å². The number of carbonyl (C=O) groups is 1. The standard InChI is InChI=1S/C65H119NO8/c1-3-5-7-9-11-13-15-17-19-21-23-25-27-29-31-32-34-36-38-40-42-44-46-48-50-52-54-59(68)58(57-73-65-64(72)63(71)62(70)60(56-67)74-65)66-61(69)55-53-51-49-47-45-43-41-39-37-35-33-30-28-26-24-22-20-18-16-14-12-10-8-6-4-2/h16,18,22,24,28,30,44,46,52,54,58-60,62-65,67-68,70-72H,3-15,17,19-21,23,25-27,29,31-43,45,47-51,53,55-57H2,1-2H3,(H,66,69)/b18-16-,24-22-,30-28-,46-44+,54-52+. The first kappa shape index (κ1) is 69.9. The van der Waals surface area contributed by atoms with Crippen LogP contribution in [0.3, 0.4) is 0 Å². The van der Waals surface area contributed by atoms with Gasteiger partial charge in [-0.2, -0.15) is 0 Å². The smallest absolute Gasteiger partial charge is 0.220 e. The third-order valence-corrected chi connectivity index (χ3v) is 14.8. The van der Waals surface area contributed by atoms with E-state index in [2.05, 4.69) is 67.8 Å². The van der Waals surface area contributed by atoms with Crippen LogP contribution in [-0.4, -0.2) is 87.5 Å². The van der Waals surface area contributed by atoms with Gasteiger partial charge in [0, 0.05) is 6.42 Å². The monoisotopic (exact) mass is 1040 g/mol. The number of rotatable bonds is 54. The second-order valence-electron chi connectivity index (χ2n) is 21.8. The lowest BCUT2D eigenvalue weighted by Gasteiger charge is -2.40. The molecule has 7 unspecified atom stereocenters. The summed E-state index contributed by atoms with van der Waals surface area (Å²) in [4.78, 5) is 13.1. The van der Waals surface area contributed by atoms with Gasteiger partial charge in [-0.25, -0.2) is 0 Å². The highest BCUT2D eigenvalue weighted by molar-refractivity contribution is 5.76. The van der Waals surface area contributed by atoms with Crippen LogP contribution in [0.15, 0.2) is 60.8 Å². The number of amides is 1. The Hall–Kier alpha value is -2.11. The highest BCUT2D eigenvalue weighted by Crippen LogP contribution is 2.23. The Balaban J connectivity index is 2.22. The Morgan fingerprint density at radius 3 is 1.23 bits per heavy atom. The minimum atomic E-state index is -1.58. The average Bonchev–Trinajstić information content (AvgIpc) is 3.40. The number of aliphatic hydroxyl groups is 5. The fraction of sp³-hybridized carbons (Fsp3) is 0.831. The summed E-state index contributed by atoms with van der Waals surface area (Å²) >= 11 is 0. The molecule has 0 aliphatic carbocycles. The van der Waals surface area contributed by atoms with Gasteiger partial charge >= 0.3 is 0 Å². The Labute approximate surface area is 456 Å². The summed E-state index contributed by atoms with van der Waals surface area (Å²) in [5.74, 6) is -0.189. The number of hydrogen-bond donors (Lipinski definition) is 6. The number of unbranched alkanes of at least 4 members (excludes halogenated alkanes) is 36. The Bertz CT molecular complexity index is 1350. The minimum Gasteiger partial charge on any atom is -0.394 e. The van der Waals surface area contributed by atoms with Gasteiger partial charge in [0.15, 0.2) is 6.29 Å². The zero-order valence-electron chi connectivity index (χ0n) is 48.1. The van der Waals surface area contributed by atoms with Crippen LogP contribution >= 0.6 is 0 Å². The van der Waals surface area contributed by atoms with E-state index in [1.54, 1.807) is 6.08 Å². The van der Waals surface area contributed by atoms with Crippen LogP contribution in [0.25, 0.3) is 0 Å². The number of hydrogen-bond acceptors (Lipinski definition) is 8. The molecule has 1 saturated heterocycles. The predicted molar refractivity (Wildman–Crippen MR) is 313 cm³/mol.